The van der Waals surface area contributed by atoms with Crippen molar-refractivity contribution in [1.82, 2.24) is 9.62 Å². The summed E-state index contributed by atoms with van der Waals surface area (Å²) in [4.78, 5) is 25.0. The number of quaternary nitrogens is 1. The number of sulfonamides is 1. The lowest BCUT2D eigenvalue weighted by Crippen LogP contribution is -3.14. The molecule has 2 rings (SSSR count). The zero-order valence-corrected chi connectivity index (χ0v) is 17.5. The Balaban J connectivity index is 1.94. The molecule has 156 valence electrons. The van der Waals surface area contributed by atoms with Gasteiger partial charge in [0, 0.05) is 25.3 Å². The molecule has 9 heteroatoms. The third kappa shape index (κ3) is 6.29. The summed E-state index contributed by atoms with van der Waals surface area (Å²) in [5, 5.41) is 5.50. The van der Waals surface area contributed by atoms with E-state index < -0.39 is 10.0 Å². The third-order valence-electron chi connectivity index (χ3n) is 4.79. The molecule has 0 aromatic heterocycles. The van der Waals surface area contributed by atoms with E-state index in [1.807, 2.05) is 13.8 Å². The molecule has 0 aliphatic carbocycles. The maximum absolute atomic E-state index is 12.7. The lowest BCUT2D eigenvalue weighted by Gasteiger charge is -2.25. The van der Waals surface area contributed by atoms with Crippen LogP contribution in [-0.4, -0.2) is 63.8 Å². The first-order valence-electron chi connectivity index (χ1n) is 9.87. The highest BCUT2D eigenvalue weighted by Gasteiger charge is 2.25. The van der Waals surface area contributed by atoms with Gasteiger partial charge in [-0.25, -0.2) is 8.42 Å². The first kappa shape index (κ1) is 22.3. The number of piperidine rings is 1. The molecule has 1 heterocycles. The van der Waals surface area contributed by atoms with E-state index in [2.05, 4.69) is 10.6 Å². The van der Waals surface area contributed by atoms with E-state index in [1.54, 1.807) is 12.1 Å². The molecule has 0 radical (unpaired) electrons. The predicted molar refractivity (Wildman–Crippen MR) is 108 cm³/mol. The standard InChI is InChI=1S/C19H30N4O4S/c1-3-20-18(24)14-22(4-2)15-19(25)21-16-8-10-17(11-9-16)28(26,27)23-12-6-5-7-13-23/h8-11H,3-7,12-15H2,1-2H3,(H,20,24)(H,21,25)/p+1. The van der Waals surface area contributed by atoms with Gasteiger partial charge in [0.2, 0.25) is 10.0 Å². The van der Waals surface area contributed by atoms with Gasteiger partial charge >= 0.3 is 0 Å². The largest absolute Gasteiger partial charge is 0.351 e. The van der Waals surface area contributed by atoms with Crippen molar-refractivity contribution in [3.8, 4) is 0 Å². The topological polar surface area (TPSA) is 100 Å². The highest BCUT2D eigenvalue weighted by molar-refractivity contribution is 7.89. The third-order valence-corrected chi connectivity index (χ3v) is 6.70. The number of likely N-dealkylation sites (N-methyl/N-ethyl adjacent to an activating group) is 2. The Bertz CT molecular complexity index is 759. The number of nitrogens with zero attached hydrogens (tertiary/aromatic N) is 1. The molecule has 1 aliphatic rings. The second-order valence-electron chi connectivity index (χ2n) is 6.95. The Morgan fingerprint density at radius 2 is 1.61 bits per heavy atom. The van der Waals surface area contributed by atoms with E-state index in [1.165, 1.54) is 16.4 Å². The van der Waals surface area contributed by atoms with E-state index in [-0.39, 0.29) is 29.8 Å². The SMILES string of the molecule is CCNC(=O)C[NH+](CC)CC(=O)Nc1ccc(S(=O)(=O)N2CCCCC2)cc1. The highest BCUT2D eigenvalue weighted by Crippen LogP contribution is 2.21. The van der Waals surface area contributed by atoms with Gasteiger partial charge in [0.05, 0.1) is 11.4 Å². The summed E-state index contributed by atoms with van der Waals surface area (Å²) in [7, 11) is -3.48. The normalized spacial score (nSPS) is 16.4. The molecule has 1 saturated heterocycles. The van der Waals surface area contributed by atoms with Crippen LogP contribution < -0.4 is 15.5 Å². The monoisotopic (exact) mass is 411 g/mol. The summed E-state index contributed by atoms with van der Waals surface area (Å²) in [5.41, 5.74) is 0.538. The van der Waals surface area contributed by atoms with Gasteiger partial charge in [0.25, 0.3) is 11.8 Å². The minimum absolute atomic E-state index is 0.0839. The van der Waals surface area contributed by atoms with Crippen LogP contribution in [0.1, 0.15) is 33.1 Å². The van der Waals surface area contributed by atoms with E-state index in [9.17, 15) is 18.0 Å². The predicted octanol–water partition coefficient (Wildman–Crippen LogP) is -0.159. The van der Waals surface area contributed by atoms with Gasteiger partial charge in [-0.05, 0) is 51.0 Å². The quantitative estimate of drug-likeness (QED) is 0.526. The second-order valence-corrected chi connectivity index (χ2v) is 8.89. The van der Waals surface area contributed by atoms with Gasteiger partial charge < -0.3 is 15.5 Å². The lowest BCUT2D eigenvalue weighted by molar-refractivity contribution is -0.881. The lowest BCUT2D eigenvalue weighted by atomic mass is 10.2. The van der Waals surface area contributed by atoms with Gasteiger partial charge in [0.1, 0.15) is 0 Å². The Hall–Kier alpha value is -1.97. The van der Waals surface area contributed by atoms with Crippen molar-refractivity contribution in [3.05, 3.63) is 24.3 Å². The number of hydrogen-bond donors (Lipinski definition) is 3. The van der Waals surface area contributed by atoms with Crippen LogP contribution in [0.5, 0.6) is 0 Å². The summed E-state index contributed by atoms with van der Waals surface area (Å²) < 4.78 is 26.8. The van der Waals surface area contributed by atoms with E-state index in [0.29, 0.717) is 31.9 Å². The van der Waals surface area contributed by atoms with Crippen LogP contribution in [0.15, 0.2) is 29.2 Å². The number of amides is 2. The molecular formula is C19H31N4O4S+. The summed E-state index contributed by atoms with van der Waals surface area (Å²) >= 11 is 0. The Morgan fingerprint density at radius 1 is 1.00 bits per heavy atom. The zero-order chi connectivity index (χ0) is 20.6. The molecule has 1 atom stereocenters. The van der Waals surface area contributed by atoms with Crippen LogP contribution in [0.3, 0.4) is 0 Å². The van der Waals surface area contributed by atoms with E-state index >= 15 is 0 Å². The van der Waals surface area contributed by atoms with Gasteiger partial charge in [-0.15, -0.1) is 0 Å². The fourth-order valence-electron chi connectivity index (χ4n) is 3.20. The Morgan fingerprint density at radius 3 is 2.18 bits per heavy atom. The number of carbonyl (C=O) groups is 2. The molecule has 1 unspecified atom stereocenters. The van der Waals surface area contributed by atoms with Crippen molar-refractivity contribution < 1.29 is 22.9 Å². The maximum atomic E-state index is 12.7. The first-order valence-corrected chi connectivity index (χ1v) is 11.3. The number of hydrogen-bond acceptors (Lipinski definition) is 4. The van der Waals surface area contributed by atoms with Crippen molar-refractivity contribution in [1.29, 1.82) is 0 Å². The summed E-state index contributed by atoms with van der Waals surface area (Å²) in [6.45, 7) is 6.51. The van der Waals surface area contributed by atoms with Gasteiger partial charge in [-0.1, -0.05) is 6.42 Å². The van der Waals surface area contributed by atoms with E-state index in [4.69, 9.17) is 0 Å². The van der Waals surface area contributed by atoms with Crippen LogP contribution in [0.25, 0.3) is 0 Å². The average Bonchev–Trinajstić information content (AvgIpc) is 2.68. The van der Waals surface area contributed by atoms with Crippen molar-refractivity contribution in [2.75, 3.05) is 44.6 Å². The fraction of sp³-hybridized carbons (Fsp3) is 0.579. The van der Waals surface area contributed by atoms with Gasteiger partial charge in [-0.3, -0.25) is 9.59 Å². The average molecular weight is 412 g/mol. The van der Waals surface area contributed by atoms with Crippen LogP contribution in [0, 0.1) is 0 Å². The second kappa shape index (κ2) is 10.5. The molecule has 1 aromatic carbocycles. The minimum atomic E-state index is -3.48. The van der Waals surface area contributed by atoms with E-state index in [0.717, 1.165) is 24.2 Å². The molecule has 3 N–H and O–H groups in total. The minimum Gasteiger partial charge on any atom is -0.351 e. The summed E-state index contributed by atoms with van der Waals surface area (Å²) in [5.74, 6) is -0.299. The van der Waals surface area contributed by atoms with Crippen molar-refractivity contribution in [2.24, 2.45) is 0 Å². The number of rotatable bonds is 9. The molecule has 1 aromatic rings. The Labute approximate surface area is 167 Å². The van der Waals surface area contributed by atoms with Crippen molar-refractivity contribution in [2.45, 2.75) is 38.0 Å². The molecule has 1 fully saturated rings. The molecule has 0 spiro atoms. The van der Waals surface area contributed by atoms with Crippen molar-refractivity contribution in [3.63, 3.8) is 0 Å². The molecule has 1 aliphatic heterocycles. The number of nitrogens with one attached hydrogen (secondary N) is 3. The molecule has 0 bridgehead atoms. The molecular weight excluding hydrogens is 380 g/mol. The van der Waals surface area contributed by atoms with Crippen molar-refractivity contribution >= 4 is 27.5 Å². The van der Waals surface area contributed by atoms with Gasteiger partial charge in [0.15, 0.2) is 13.1 Å². The number of anilines is 1. The number of carbonyl (C=O) groups excluding carboxylic acids is 2. The fourth-order valence-corrected chi connectivity index (χ4v) is 4.71. The molecule has 28 heavy (non-hydrogen) atoms. The van der Waals surface area contributed by atoms with Gasteiger partial charge in [-0.2, -0.15) is 4.31 Å². The molecule has 2 amide bonds. The zero-order valence-electron chi connectivity index (χ0n) is 16.7. The molecule has 0 saturated carbocycles. The maximum Gasteiger partial charge on any atom is 0.279 e. The first-order chi connectivity index (χ1) is 13.4. The summed E-state index contributed by atoms with van der Waals surface area (Å²) in [6.07, 6.45) is 2.84. The van der Waals surface area contributed by atoms with Crippen LogP contribution in [-0.2, 0) is 19.6 Å². The van der Waals surface area contributed by atoms with Crippen LogP contribution >= 0.6 is 0 Å². The van der Waals surface area contributed by atoms with Crippen LogP contribution in [0.2, 0.25) is 0 Å². The number of benzene rings is 1. The smallest absolute Gasteiger partial charge is 0.279 e. The highest BCUT2D eigenvalue weighted by atomic mass is 32.2. The summed E-state index contributed by atoms with van der Waals surface area (Å²) in [6, 6.07) is 6.26. The molecule has 8 nitrogen and oxygen atoms in total. The van der Waals surface area contributed by atoms with Crippen LogP contribution in [0.4, 0.5) is 5.69 Å². The Kier molecular flexibility index (Phi) is 8.40.